The molecule has 5 atom stereocenters. The Kier molecular flexibility index (Phi) is 13.7. The lowest BCUT2D eigenvalue weighted by molar-refractivity contribution is 0.0493. The van der Waals surface area contributed by atoms with Crippen LogP contribution in [0.2, 0.25) is 0 Å². The summed E-state index contributed by atoms with van der Waals surface area (Å²) in [5.74, 6) is 3.18. The lowest BCUT2D eigenvalue weighted by atomic mass is 9.60. The molecule has 3 aliphatic rings. The van der Waals surface area contributed by atoms with E-state index in [-0.39, 0.29) is 12.2 Å². The zero-order chi connectivity index (χ0) is 29.0. The van der Waals surface area contributed by atoms with Crippen molar-refractivity contribution in [2.45, 2.75) is 104 Å². The van der Waals surface area contributed by atoms with E-state index in [2.05, 4.69) is 51.7 Å². The van der Waals surface area contributed by atoms with Gasteiger partial charge >= 0.3 is 6.09 Å². The van der Waals surface area contributed by atoms with Gasteiger partial charge in [-0.05, 0) is 79.6 Å². The molecule has 3 aliphatic carbocycles. The summed E-state index contributed by atoms with van der Waals surface area (Å²) in [5.41, 5.74) is 9.88. The highest BCUT2D eigenvalue weighted by Gasteiger charge is 2.50. The van der Waals surface area contributed by atoms with Crippen molar-refractivity contribution < 1.29 is 19.0 Å². The summed E-state index contributed by atoms with van der Waals surface area (Å²) in [7, 11) is 0. The van der Waals surface area contributed by atoms with Gasteiger partial charge in [0, 0.05) is 19.5 Å². The topological polar surface area (TPSA) is 82.8 Å². The Bertz CT molecular complexity index is 866. The van der Waals surface area contributed by atoms with Gasteiger partial charge in [0.1, 0.15) is 6.10 Å². The molecule has 6 nitrogen and oxygen atoms in total. The second-order valence-corrected chi connectivity index (χ2v) is 13.1. The fraction of sp³-hybridized carbons (Fsp3) is 0.794. The third-order valence-electron chi connectivity index (χ3n) is 9.76. The van der Waals surface area contributed by atoms with Gasteiger partial charge in [0.15, 0.2) is 0 Å². The number of amides is 1. The first-order valence-corrected chi connectivity index (χ1v) is 16.1. The maximum atomic E-state index is 12.3. The molecule has 0 heterocycles. The minimum absolute atomic E-state index is 0.111. The number of carbonyl (C=O) groups excluding carboxylic acids is 1. The molecule has 40 heavy (non-hydrogen) atoms. The van der Waals surface area contributed by atoms with Crippen molar-refractivity contribution in [2.75, 3.05) is 39.5 Å². The fourth-order valence-electron chi connectivity index (χ4n) is 7.57. The Morgan fingerprint density at radius 1 is 1.07 bits per heavy atom. The standard InChI is InChI=1S/C34H58N2O4/c1-25(2)8-6-9-27(4)31-15-16-32-28(10-7-17-34(31,32)5)12-13-29-24-30(14-11-26(29)3)40-33(37)36-19-21-39-23-22-38-20-18-35/h12-13,25,27,30-32H,3,6-11,14-24,35H2,1-2,4-5H3,(H,36,37)/b28-12+,29-13-/t27-,30+,31-,32+,34-/m1/s1. The van der Waals surface area contributed by atoms with Crippen molar-refractivity contribution in [3.05, 3.63) is 35.5 Å². The molecule has 0 spiro atoms. The Morgan fingerprint density at radius 2 is 1.85 bits per heavy atom. The highest BCUT2D eigenvalue weighted by Crippen LogP contribution is 2.60. The summed E-state index contributed by atoms with van der Waals surface area (Å²) in [6.07, 6.45) is 17.4. The van der Waals surface area contributed by atoms with Crippen molar-refractivity contribution in [1.82, 2.24) is 5.32 Å². The van der Waals surface area contributed by atoms with E-state index in [4.69, 9.17) is 19.9 Å². The minimum atomic E-state index is -0.374. The molecule has 0 aromatic carbocycles. The first kappa shape index (κ1) is 32.9. The molecule has 0 unspecified atom stereocenters. The van der Waals surface area contributed by atoms with Gasteiger partial charge in [-0.2, -0.15) is 0 Å². The Balaban J connectivity index is 1.49. The van der Waals surface area contributed by atoms with Crippen LogP contribution in [0.15, 0.2) is 35.5 Å². The number of alkyl carbamates (subject to hydrolysis) is 1. The van der Waals surface area contributed by atoms with Crippen LogP contribution in [-0.2, 0) is 14.2 Å². The summed E-state index contributed by atoms with van der Waals surface area (Å²) in [6.45, 7) is 17.0. The molecule has 0 aliphatic heterocycles. The number of nitrogens with one attached hydrogen (secondary N) is 1. The van der Waals surface area contributed by atoms with Crippen LogP contribution < -0.4 is 11.1 Å². The maximum Gasteiger partial charge on any atom is 0.407 e. The lowest BCUT2D eigenvalue weighted by Gasteiger charge is -2.44. The Morgan fingerprint density at radius 3 is 2.60 bits per heavy atom. The quantitative estimate of drug-likeness (QED) is 0.205. The van der Waals surface area contributed by atoms with E-state index in [1.807, 2.05) is 0 Å². The SMILES string of the molecule is C=C1CC[C@H](OC(=O)NCCOCCOCCN)C/C1=C/C=C1\CCC[C@]2(C)[C@@H]([C@H](C)CCCC(C)C)CC[C@@H]12. The summed E-state index contributed by atoms with van der Waals surface area (Å²) in [4.78, 5) is 12.3. The van der Waals surface area contributed by atoms with Crippen molar-refractivity contribution >= 4 is 6.09 Å². The van der Waals surface area contributed by atoms with E-state index in [9.17, 15) is 4.79 Å². The predicted octanol–water partition coefficient (Wildman–Crippen LogP) is 7.34. The third-order valence-corrected chi connectivity index (χ3v) is 9.76. The highest BCUT2D eigenvalue weighted by molar-refractivity contribution is 5.67. The number of ether oxygens (including phenoxy) is 3. The molecule has 6 heteroatoms. The van der Waals surface area contributed by atoms with E-state index < -0.39 is 0 Å². The van der Waals surface area contributed by atoms with Gasteiger partial charge < -0.3 is 25.3 Å². The number of fused-ring (bicyclic) bond motifs is 1. The van der Waals surface area contributed by atoms with Crippen LogP contribution in [0.25, 0.3) is 0 Å². The lowest BCUT2D eigenvalue weighted by Crippen LogP contribution is -2.36. The van der Waals surface area contributed by atoms with Crippen LogP contribution in [0.1, 0.15) is 98.3 Å². The Labute approximate surface area is 244 Å². The molecule has 3 fully saturated rings. The van der Waals surface area contributed by atoms with Gasteiger partial charge in [-0.15, -0.1) is 0 Å². The maximum absolute atomic E-state index is 12.3. The van der Waals surface area contributed by atoms with Gasteiger partial charge in [0.25, 0.3) is 0 Å². The van der Waals surface area contributed by atoms with Crippen LogP contribution in [0, 0.1) is 29.1 Å². The molecule has 1 amide bonds. The highest BCUT2D eigenvalue weighted by atomic mass is 16.6. The van der Waals surface area contributed by atoms with E-state index in [1.165, 1.54) is 62.5 Å². The predicted molar refractivity (Wildman–Crippen MR) is 164 cm³/mol. The normalized spacial score (nSPS) is 29.6. The summed E-state index contributed by atoms with van der Waals surface area (Å²) < 4.78 is 16.5. The van der Waals surface area contributed by atoms with Gasteiger partial charge in [-0.25, -0.2) is 4.79 Å². The molecule has 3 rings (SSSR count). The van der Waals surface area contributed by atoms with Crippen molar-refractivity contribution in [3.8, 4) is 0 Å². The average Bonchev–Trinajstić information content (AvgIpc) is 3.28. The van der Waals surface area contributed by atoms with Crippen LogP contribution in [-0.4, -0.2) is 51.7 Å². The van der Waals surface area contributed by atoms with E-state index >= 15 is 0 Å². The van der Waals surface area contributed by atoms with Crippen LogP contribution in [0.5, 0.6) is 0 Å². The smallest absolute Gasteiger partial charge is 0.407 e. The van der Waals surface area contributed by atoms with Crippen LogP contribution >= 0.6 is 0 Å². The molecule has 0 aromatic heterocycles. The summed E-state index contributed by atoms with van der Waals surface area (Å²) in [5, 5.41) is 2.80. The van der Waals surface area contributed by atoms with Crippen LogP contribution in [0.3, 0.4) is 0 Å². The molecule has 228 valence electrons. The van der Waals surface area contributed by atoms with Gasteiger partial charge in [-0.1, -0.05) is 76.8 Å². The van der Waals surface area contributed by atoms with Gasteiger partial charge in [0.2, 0.25) is 0 Å². The van der Waals surface area contributed by atoms with E-state index in [0.717, 1.165) is 37.0 Å². The second kappa shape index (κ2) is 16.7. The second-order valence-electron chi connectivity index (χ2n) is 13.1. The number of hydrogen-bond acceptors (Lipinski definition) is 5. The molecule has 0 bridgehead atoms. The fourth-order valence-corrected chi connectivity index (χ4v) is 7.57. The van der Waals surface area contributed by atoms with Crippen molar-refractivity contribution in [1.29, 1.82) is 0 Å². The van der Waals surface area contributed by atoms with E-state index in [0.29, 0.717) is 50.8 Å². The molecule has 0 radical (unpaired) electrons. The van der Waals surface area contributed by atoms with E-state index in [1.54, 1.807) is 5.57 Å². The summed E-state index contributed by atoms with van der Waals surface area (Å²) in [6, 6.07) is 0. The van der Waals surface area contributed by atoms with Crippen molar-refractivity contribution in [3.63, 3.8) is 0 Å². The number of carbonyl (C=O) groups is 1. The largest absolute Gasteiger partial charge is 0.446 e. The number of rotatable bonds is 15. The first-order valence-electron chi connectivity index (χ1n) is 16.1. The molecule has 3 saturated carbocycles. The Hall–Kier alpha value is -1.63. The third kappa shape index (κ3) is 9.73. The first-order chi connectivity index (χ1) is 19.2. The molecule has 0 saturated heterocycles. The van der Waals surface area contributed by atoms with Crippen LogP contribution in [0.4, 0.5) is 4.79 Å². The zero-order valence-electron chi connectivity index (χ0n) is 26.0. The monoisotopic (exact) mass is 558 g/mol. The number of allylic oxidation sites excluding steroid dienone is 4. The molecular weight excluding hydrogens is 500 g/mol. The van der Waals surface area contributed by atoms with Gasteiger partial charge in [-0.3, -0.25) is 0 Å². The average molecular weight is 559 g/mol. The number of nitrogens with two attached hydrogens (primary N) is 1. The molecular formula is C34H58N2O4. The zero-order valence-corrected chi connectivity index (χ0v) is 26.0. The number of hydrogen-bond donors (Lipinski definition) is 2. The van der Waals surface area contributed by atoms with Gasteiger partial charge in [0.05, 0.1) is 26.4 Å². The minimum Gasteiger partial charge on any atom is -0.446 e. The molecule has 3 N–H and O–H groups in total. The summed E-state index contributed by atoms with van der Waals surface area (Å²) >= 11 is 0. The molecule has 0 aromatic rings. The van der Waals surface area contributed by atoms with Crippen molar-refractivity contribution in [2.24, 2.45) is 34.8 Å².